The van der Waals surface area contributed by atoms with Crippen LogP contribution in [0.4, 0.5) is 13.2 Å². The molecule has 4 aromatic rings. The number of aromatic nitrogens is 3. The van der Waals surface area contributed by atoms with Crippen molar-refractivity contribution in [1.29, 1.82) is 0 Å². The number of carboxylic acids is 1. The number of nitrogens with zero attached hydrogens (tertiary/aromatic N) is 2. The maximum absolute atomic E-state index is 14.5. The predicted octanol–water partition coefficient (Wildman–Crippen LogP) is 4.39. The van der Waals surface area contributed by atoms with Crippen LogP contribution in [0.25, 0.3) is 22.4 Å². The van der Waals surface area contributed by atoms with Crippen LogP contribution in [0.15, 0.2) is 36.0 Å². The highest BCUT2D eigenvalue weighted by Gasteiger charge is 2.48. The Hall–Kier alpha value is -3.41. The number of rotatable bonds is 4. The molecule has 174 valence electrons. The zero-order chi connectivity index (χ0) is 24.4. The molecule has 0 amide bonds. The third-order valence-corrected chi connectivity index (χ3v) is 7.01. The standard InChI is InChI=1S/C22H13ClF3N3O4S/c23-12-1-2-13(24)15(17(12)26)10-5-9-3-4-22(32,19(9)29(33)7-10)21-27-6-14(28-21)11-8-34-18(16(11)25)20(30)31/h1-2,5-8,32H,3-4H2,(H,27,28)(H,30,31). The Bertz CT molecular complexity index is 1490. The molecule has 3 N–H and O–H groups in total. The molecular formula is C22H13ClF3N3O4S. The monoisotopic (exact) mass is 507 g/mol. The van der Waals surface area contributed by atoms with Crippen molar-refractivity contribution in [3.05, 3.63) is 85.6 Å². The van der Waals surface area contributed by atoms with Crippen molar-refractivity contribution in [3.63, 3.8) is 0 Å². The number of aromatic amines is 1. The summed E-state index contributed by atoms with van der Waals surface area (Å²) in [4.78, 5) is 17.5. The van der Waals surface area contributed by atoms with E-state index in [1.807, 2.05) is 0 Å². The minimum Gasteiger partial charge on any atom is -0.618 e. The van der Waals surface area contributed by atoms with Crippen LogP contribution < -0.4 is 4.73 Å². The normalized spacial score (nSPS) is 17.2. The van der Waals surface area contributed by atoms with Crippen molar-refractivity contribution in [2.45, 2.75) is 18.4 Å². The van der Waals surface area contributed by atoms with Gasteiger partial charge in [0.1, 0.15) is 16.5 Å². The van der Waals surface area contributed by atoms with Crippen LogP contribution in [0, 0.1) is 22.7 Å². The number of nitrogens with one attached hydrogen (secondary N) is 1. The average Bonchev–Trinajstić information content (AvgIpc) is 3.49. The Morgan fingerprint density at radius 2 is 2.06 bits per heavy atom. The Labute approximate surface area is 198 Å². The molecule has 0 saturated heterocycles. The van der Waals surface area contributed by atoms with Crippen LogP contribution in [0.1, 0.15) is 33.2 Å². The molecule has 1 aromatic carbocycles. The van der Waals surface area contributed by atoms with E-state index in [0.29, 0.717) is 21.6 Å². The van der Waals surface area contributed by atoms with E-state index in [0.717, 1.165) is 18.3 Å². The van der Waals surface area contributed by atoms with E-state index in [9.17, 15) is 28.3 Å². The fourth-order valence-corrected chi connectivity index (χ4v) is 5.13. The number of hydrogen-bond acceptors (Lipinski definition) is 5. The smallest absolute Gasteiger partial charge is 0.348 e. The zero-order valence-electron chi connectivity index (χ0n) is 16.9. The highest BCUT2D eigenvalue weighted by molar-refractivity contribution is 7.12. The molecule has 0 bridgehead atoms. The molecule has 0 spiro atoms. The minimum atomic E-state index is -1.89. The fraction of sp³-hybridized carbons (Fsp3) is 0.136. The van der Waals surface area contributed by atoms with Gasteiger partial charge in [-0.2, -0.15) is 4.73 Å². The zero-order valence-corrected chi connectivity index (χ0v) is 18.5. The molecule has 0 fully saturated rings. The third-order valence-electron chi connectivity index (χ3n) is 5.77. The Morgan fingerprint density at radius 3 is 2.76 bits per heavy atom. The number of halogens is 4. The second kappa shape index (κ2) is 7.83. The van der Waals surface area contributed by atoms with Gasteiger partial charge < -0.3 is 20.4 Å². The van der Waals surface area contributed by atoms with Crippen LogP contribution in [-0.2, 0) is 12.0 Å². The molecule has 5 rings (SSSR count). The molecule has 3 heterocycles. The molecule has 0 aliphatic heterocycles. The Balaban J connectivity index is 1.57. The summed E-state index contributed by atoms with van der Waals surface area (Å²) in [6.07, 6.45) is 2.38. The number of fused-ring (bicyclic) bond motifs is 1. The molecule has 12 heteroatoms. The van der Waals surface area contributed by atoms with Gasteiger partial charge in [0.05, 0.1) is 28.0 Å². The number of aliphatic hydroxyl groups is 1. The summed E-state index contributed by atoms with van der Waals surface area (Å²) < 4.78 is 43.6. The van der Waals surface area contributed by atoms with E-state index < -0.39 is 39.5 Å². The lowest BCUT2D eigenvalue weighted by molar-refractivity contribution is -0.620. The molecule has 1 aliphatic rings. The van der Waals surface area contributed by atoms with E-state index in [-0.39, 0.29) is 46.2 Å². The number of carbonyl (C=O) groups is 1. The van der Waals surface area contributed by atoms with E-state index in [1.54, 1.807) is 0 Å². The van der Waals surface area contributed by atoms with Gasteiger partial charge in [0.15, 0.2) is 17.8 Å². The lowest BCUT2D eigenvalue weighted by atomic mass is 9.98. The summed E-state index contributed by atoms with van der Waals surface area (Å²) >= 11 is 6.47. The summed E-state index contributed by atoms with van der Waals surface area (Å²) in [5.74, 6) is -4.32. The Morgan fingerprint density at radius 1 is 1.29 bits per heavy atom. The first kappa shape index (κ1) is 22.4. The van der Waals surface area contributed by atoms with Gasteiger partial charge in [0, 0.05) is 16.5 Å². The summed E-state index contributed by atoms with van der Waals surface area (Å²) in [6, 6.07) is 3.46. The molecule has 1 atom stereocenters. The number of thiophene rings is 1. The van der Waals surface area contributed by atoms with Crippen LogP contribution in [0.2, 0.25) is 5.02 Å². The number of carboxylic acid groups (broad SMARTS) is 1. The van der Waals surface area contributed by atoms with Gasteiger partial charge in [-0.15, -0.1) is 11.3 Å². The molecule has 34 heavy (non-hydrogen) atoms. The second-order valence-corrected chi connectivity index (χ2v) is 9.04. The largest absolute Gasteiger partial charge is 0.618 e. The van der Waals surface area contributed by atoms with Crippen molar-refractivity contribution in [2.75, 3.05) is 0 Å². The first-order valence-electron chi connectivity index (χ1n) is 9.80. The van der Waals surface area contributed by atoms with E-state index >= 15 is 0 Å². The number of hydrogen-bond donors (Lipinski definition) is 3. The fourth-order valence-electron chi connectivity index (χ4n) is 4.20. The number of pyridine rings is 1. The first-order chi connectivity index (χ1) is 16.1. The van der Waals surface area contributed by atoms with Gasteiger partial charge in [-0.1, -0.05) is 11.6 Å². The average molecular weight is 508 g/mol. The summed E-state index contributed by atoms with van der Waals surface area (Å²) in [5.41, 5.74) is -2.05. The summed E-state index contributed by atoms with van der Waals surface area (Å²) in [6.45, 7) is 0. The van der Waals surface area contributed by atoms with Crippen LogP contribution in [-0.4, -0.2) is 26.2 Å². The van der Waals surface area contributed by atoms with E-state index in [1.165, 1.54) is 17.6 Å². The SMILES string of the molecule is O=C(O)c1scc(-c2cnc(C3(O)CCc4cc(-c5c(F)ccc(Cl)c5F)c[n+]([O-])c43)[nH]2)c1F. The molecule has 7 nitrogen and oxygen atoms in total. The minimum absolute atomic E-state index is 0.0218. The van der Waals surface area contributed by atoms with Crippen molar-refractivity contribution >= 4 is 28.9 Å². The maximum Gasteiger partial charge on any atom is 0.348 e. The lowest BCUT2D eigenvalue weighted by Crippen LogP contribution is -2.42. The van der Waals surface area contributed by atoms with E-state index in [2.05, 4.69) is 9.97 Å². The van der Waals surface area contributed by atoms with Crippen molar-refractivity contribution in [2.24, 2.45) is 0 Å². The molecule has 1 aliphatic carbocycles. The van der Waals surface area contributed by atoms with Gasteiger partial charge in [-0.05, 0) is 31.0 Å². The van der Waals surface area contributed by atoms with Crippen molar-refractivity contribution < 1.29 is 32.9 Å². The third kappa shape index (κ3) is 3.27. The quantitative estimate of drug-likeness (QED) is 0.215. The first-order valence-corrected chi connectivity index (χ1v) is 11.1. The lowest BCUT2D eigenvalue weighted by Gasteiger charge is -2.20. The van der Waals surface area contributed by atoms with Crippen LogP contribution in [0.3, 0.4) is 0 Å². The van der Waals surface area contributed by atoms with E-state index in [4.69, 9.17) is 16.7 Å². The highest BCUT2D eigenvalue weighted by atomic mass is 35.5. The van der Waals surface area contributed by atoms with Gasteiger partial charge in [-0.25, -0.2) is 22.9 Å². The number of H-pyrrole nitrogens is 1. The number of imidazole rings is 1. The molecule has 3 aromatic heterocycles. The molecule has 0 radical (unpaired) electrons. The van der Waals surface area contributed by atoms with Crippen molar-refractivity contribution in [1.82, 2.24) is 9.97 Å². The number of aryl methyl sites for hydroxylation is 1. The van der Waals surface area contributed by atoms with Crippen LogP contribution in [0.5, 0.6) is 0 Å². The Kier molecular flexibility index (Phi) is 5.15. The van der Waals surface area contributed by atoms with Gasteiger partial charge in [0.2, 0.25) is 11.3 Å². The topological polar surface area (TPSA) is 113 Å². The van der Waals surface area contributed by atoms with Crippen LogP contribution >= 0.6 is 22.9 Å². The molecular weight excluding hydrogens is 495 g/mol. The molecule has 1 unspecified atom stereocenters. The molecule has 0 saturated carbocycles. The van der Waals surface area contributed by atoms with Crippen molar-refractivity contribution in [3.8, 4) is 22.4 Å². The van der Waals surface area contributed by atoms with Gasteiger partial charge >= 0.3 is 5.97 Å². The maximum atomic E-state index is 14.5. The summed E-state index contributed by atoms with van der Waals surface area (Å²) in [7, 11) is 0. The van der Waals surface area contributed by atoms with Gasteiger partial charge in [0.25, 0.3) is 0 Å². The second-order valence-electron chi connectivity index (χ2n) is 7.75. The number of benzene rings is 1. The predicted molar refractivity (Wildman–Crippen MR) is 116 cm³/mol. The summed E-state index contributed by atoms with van der Waals surface area (Å²) in [5, 5.41) is 34.3. The van der Waals surface area contributed by atoms with Gasteiger partial charge in [-0.3, -0.25) is 0 Å². The highest BCUT2D eigenvalue weighted by Crippen LogP contribution is 2.42. The number of aromatic carboxylic acids is 1.